The number of unbranched alkanes of at least 4 members (excludes halogenated alkanes) is 7. The second-order valence-corrected chi connectivity index (χ2v) is 11.5. The lowest BCUT2D eigenvalue weighted by Gasteiger charge is -2.31. The molecule has 37 heavy (non-hydrogen) atoms. The Kier molecular flexibility index (Phi) is 12.1. The van der Waals surface area contributed by atoms with Crippen molar-refractivity contribution in [1.82, 2.24) is 9.97 Å². The van der Waals surface area contributed by atoms with E-state index >= 15 is 0 Å². The molecule has 0 aliphatic heterocycles. The van der Waals surface area contributed by atoms with E-state index in [2.05, 4.69) is 24.0 Å². The van der Waals surface area contributed by atoms with Crippen LogP contribution in [0.15, 0.2) is 36.5 Å². The Morgan fingerprint density at radius 2 is 1.59 bits per heavy atom. The van der Waals surface area contributed by atoms with Crippen molar-refractivity contribution in [1.29, 1.82) is 0 Å². The smallest absolute Gasteiger partial charge is 0.261 e. The number of aromatic nitrogens is 2. The molecule has 1 unspecified atom stereocenters. The van der Waals surface area contributed by atoms with Crippen LogP contribution in [0, 0.1) is 11.8 Å². The average Bonchev–Trinajstić information content (AvgIpc) is 3.78. The van der Waals surface area contributed by atoms with Crippen molar-refractivity contribution in [3.8, 4) is 23.0 Å². The van der Waals surface area contributed by atoms with Gasteiger partial charge in [-0.1, -0.05) is 121 Å². The van der Waals surface area contributed by atoms with E-state index in [0.29, 0.717) is 30.0 Å². The third-order valence-corrected chi connectivity index (χ3v) is 8.25. The Hall–Kier alpha value is -2.10. The molecule has 1 heterocycles. The second kappa shape index (κ2) is 16.0. The zero-order valence-corrected chi connectivity index (χ0v) is 23.3. The van der Waals surface area contributed by atoms with Gasteiger partial charge < -0.3 is 9.47 Å². The van der Waals surface area contributed by atoms with Gasteiger partial charge in [-0.2, -0.15) is 4.98 Å². The van der Waals surface area contributed by atoms with Crippen molar-refractivity contribution in [2.24, 2.45) is 11.8 Å². The van der Waals surface area contributed by atoms with Crippen LogP contribution in [0.5, 0.6) is 11.6 Å². The molecule has 2 aliphatic rings. The molecule has 1 aromatic heterocycles. The molecule has 2 saturated carbocycles. The normalized spacial score (nSPS) is 17.0. The maximum absolute atomic E-state index is 6.76. The van der Waals surface area contributed by atoms with E-state index < -0.39 is 0 Å². The first-order chi connectivity index (χ1) is 18.3. The molecule has 4 heteroatoms. The van der Waals surface area contributed by atoms with Crippen molar-refractivity contribution >= 4 is 0 Å². The number of nitrogens with zero attached hydrogens (tertiary/aromatic N) is 2. The van der Waals surface area contributed by atoms with Crippen LogP contribution < -0.4 is 9.47 Å². The number of ether oxygens (including phenoxy) is 2. The summed E-state index contributed by atoms with van der Waals surface area (Å²) in [6.07, 6.45) is 25.6. The summed E-state index contributed by atoms with van der Waals surface area (Å²) in [4.78, 5) is 9.57. The van der Waals surface area contributed by atoms with Gasteiger partial charge in [0.05, 0.1) is 12.8 Å². The van der Waals surface area contributed by atoms with Crippen molar-refractivity contribution < 1.29 is 9.47 Å². The molecule has 4 nitrogen and oxygen atoms in total. The van der Waals surface area contributed by atoms with Gasteiger partial charge in [0.25, 0.3) is 5.88 Å². The summed E-state index contributed by atoms with van der Waals surface area (Å²) in [5.74, 6) is 3.75. The lowest BCUT2D eigenvalue weighted by Crippen LogP contribution is -2.29. The Bertz CT molecular complexity index is 877. The van der Waals surface area contributed by atoms with E-state index in [-0.39, 0.29) is 6.10 Å². The largest absolute Gasteiger partial charge is 0.487 e. The van der Waals surface area contributed by atoms with Gasteiger partial charge in [0, 0.05) is 5.56 Å². The zero-order chi connectivity index (χ0) is 25.5. The van der Waals surface area contributed by atoms with Crippen LogP contribution in [0.25, 0.3) is 11.4 Å². The lowest BCUT2D eigenvalue weighted by atomic mass is 9.83. The summed E-state index contributed by atoms with van der Waals surface area (Å²) in [7, 11) is 0. The summed E-state index contributed by atoms with van der Waals surface area (Å²) in [6, 6.07) is 10.2. The summed E-state index contributed by atoms with van der Waals surface area (Å²) >= 11 is 0. The number of benzene rings is 1. The molecule has 4 rings (SSSR count). The van der Waals surface area contributed by atoms with Gasteiger partial charge >= 0.3 is 0 Å². The summed E-state index contributed by atoms with van der Waals surface area (Å²) in [6.45, 7) is 2.98. The van der Waals surface area contributed by atoms with Crippen LogP contribution >= 0.6 is 0 Å². The fourth-order valence-electron chi connectivity index (χ4n) is 5.73. The molecule has 0 N–H and O–H groups in total. The quantitative estimate of drug-likeness (QED) is 0.189. The van der Waals surface area contributed by atoms with E-state index in [4.69, 9.17) is 14.5 Å². The van der Waals surface area contributed by atoms with Crippen LogP contribution in [0.1, 0.15) is 122 Å². The van der Waals surface area contributed by atoms with Crippen LogP contribution in [-0.2, 0) is 0 Å². The Balaban J connectivity index is 1.35. The highest BCUT2D eigenvalue weighted by molar-refractivity contribution is 5.56. The van der Waals surface area contributed by atoms with Crippen LogP contribution in [0.4, 0.5) is 0 Å². The molecule has 0 amide bonds. The van der Waals surface area contributed by atoms with Gasteiger partial charge in [-0.3, -0.25) is 0 Å². The van der Waals surface area contributed by atoms with Crippen molar-refractivity contribution in [2.75, 3.05) is 6.61 Å². The maximum Gasteiger partial charge on any atom is 0.261 e. The summed E-state index contributed by atoms with van der Waals surface area (Å²) in [5, 5.41) is 0. The van der Waals surface area contributed by atoms with Crippen LogP contribution in [-0.4, -0.2) is 22.7 Å². The molecule has 0 saturated heterocycles. The van der Waals surface area contributed by atoms with Gasteiger partial charge in [-0.25, -0.2) is 4.98 Å². The molecule has 0 bridgehead atoms. The molecular weight excluding hydrogens is 456 g/mol. The van der Waals surface area contributed by atoms with Gasteiger partial charge in [-0.15, -0.1) is 0 Å². The molecule has 204 valence electrons. The van der Waals surface area contributed by atoms with Gasteiger partial charge in [0.15, 0.2) is 11.6 Å². The van der Waals surface area contributed by atoms with Crippen molar-refractivity contribution in [3.63, 3.8) is 0 Å². The first-order valence-electron chi connectivity index (χ1n) is 15.6. The minimum atomic E-state index is 0.211. The summed E-state index contributed by atoms with van der Waals surface area (Å²) < 4.78 is 13.0. The van der Waals surface area contributed by atoms with E-state index in [1.807, 2.05) is 24.4 Å². The van der Waals surface area contributed by atoms with E-state index in [1.54, 1.807) is 0 Å². The first kappa shape index (κ1) is 27.9. The lowest BCUT2D eigenvalue weighted by molar-refractivity contribution is 0.0877. The third-order valence-electron chi connectivity index (χ3n) is 8.25. The highest BCUT2D eigenvalue weighted by atomic mass is 16.5. The Labute approximate surface area is 226 Å². The minimum absolute atomic E-state index is 0.211. The van der Waals surface area contributed by atoms with Crippen molar-refractivity contribution in [2.45, 2.75) is 129 Å². The number of hydrogen-bond acceptors (Lipinski definition) is 4. The monoisotopic (exact) mass is 506 g/mol. The predicted octanol–water partition coefficient (Wildman–Crippen LogP) is 9.57. The zero-order valence-electron chi connectivity index (χ0n) is 23.3. The predicted molar refractivity (Wildman–Crippen MR) is 153 cm³/mol. The first-order valence-corrected chi connectivity index (χ1v) is 15.6. The molecule has 2 aliphatic carbocycles. The molecule has 1 aromatic carbocycles. The fourth-order valence-corrected chi connectivity index (χ4v) is 5.73. The fraction of sp³-hybridized carbons (Fsp3) is 0.697. The molecule has 2 fully saturated rings. The Morgan fingerprint density at radius 1 is 0.838 bits per heavy atom. The topological polar surface area (TPSA) is 44.2 Å². The highest BCUT2D eigenvalue weighted by Crippen LogP contribution is 2.35. The van der Waals surface area contributed by atoms with Crippen LogP contribution in [0.3, 0.4) is 0 Å². The van der Waals surface area contributed by atoms with Crippen molar-refractivity contribution in [3.05, 3.63) is 36.5 Å². The standard InChI is InChI=1S/C33H50N2O2/c1-2-3-10-22-30(28-18-12-8-13-19-28)37-33-31(26-34-32(35-33)29-20-14-9-15-21-29)36-25-16-7-5-4-6-11-17-27-23-24-27/h9,14-15,20-21,26-28,30H,2-8,10-13,16-19,22-25H2,1H3. The van der Waals surface area contributed by atoms with Gasteiger partial charge in [-0.05, 0) is 43.9 Å². The molecule has 2 aromatic rings. The van der Waals surface area contributed by atoms with Gasteiger partial charge in [0.1, 0.15) is 6.10 Å². The second-order valence-electron chi connectivity index (χ2n) is 11.5. The Morgan fingerprint density at radius 3 is 2.35 bits per heavy atom. The van der Waals surface area contributed by atoms with Gasteiger partial charge in [0.2, 0.25) is 0 Å². The summed E-state index contributed by atoms with van der Waals surface area (Å²) in [5.41, 5.74) is 1.01. The van der Waals surface area contributed by atoms with E-state index in [9.17, 15) is 0 Å². The molecule has 1 atom stereocenters. The van der Waals surface area contributed by atoms with E-state index in [0.717, 1.165) is 24.3 Å². The molecule has 0 spiro atoms. The number of hydrogen-bond donors (Lipinski definition) is 0. The average molecular weight is 507 g/mol. The minimum Gasteiger partial charge on any atom is -0.487 e. The maximum atomic E-state index is 6.76. The highest BCUT2D eigenvalue weighted by Gasteiger charge is 2.27. The SMILES string of the molecule is CCCCCC(Oc1nc(-c2ccccc2)ncc1OCCCCCCCCC1CC1)C1CCCCC1. The molecular formula is C33H50N2O2. The van der Waals surface area contributed by atoms with E-state index in [1.165, 1.54) is 103 Å². The third kappa shape index (κ3) is 9.94. The molecule has 0 radical (unpaired) electrons. The van der Waals surface area contributed by atoms with Crippen LogP contribution in [0.2, 0.25) is 0 Å². The number of rotatable bonds is 18.